The molecule has 1 N–H and O–H groups in total. The van der Waals surface area contributed by atoms with Crippen LogP contribution in [0.25, 0.3) is 22.3 Å². The smallest absolute Gasteiger partial charge is 0.244 e. The summed E-state index contributed by atoms with van der Waals surface area (Å²) in [7, 11) is 1.88. The first-order chi connectivity index (χ1) is 15.0. The second kappa shape index (κ2) is 8.55. The van der Waals surface area contributed by atoms with Crippen LogP contribution in [0.5, 0.6) is 0 Å². The molecule has 2 heterocycles. The number of ketones is 1. The number of aryl methyl sites for hydroxylation is 1. The quantitative estimate of drug-likeness (QED) is 0.455. The van der Waals surface area contributed by atoms with Gasteiger partial charge in [-0.3, -0.25) is 9.59 Å². The fourth-order valence-electron chi connectivity index (χ4n) is 3.85. The molecule has 0 saturated heterocycles. The number of amides is 1. The standard InChI is InChI=1S/C24H25N5O2/c1-4-8-22(30)19-13-29(21-12-6-5-9-18(19)21)14-23(31)26-20-11-7-10-17(16(20)2)24-27-25-15-28(24)3/h5-7,9-13,15H,4,8,14H2,1-3H3,(H,26,31). The summed E-state index contributed by atoms with van der Waals surface area (Å²) in [5, 5.41) is 12.0. The highest BCUT2D eigenvalue weighted by atomic mass is 16.2. The van der Waals surface area contributed by atoms with Gasteiger partial charge in [0, 0.05) is 47.4 Å². The molecule has 0 aliphatic rings. The molecule has 0 aliphatic heterocycles. The molecule has 0 spiro atoms. The number of hydrogen-bond acceptors (Lipinski definition) is 4. The van der Waals surface area contributed by atoms with Crippen LogP contribution in [0.3, 0.4) is 0 Å². The number of aromatic nitrogens is 4. The maximum Gasteiger partial charge on any atom is 0.244 e. The van der Waals surface area contributed by atoms with Crippen molar-refractivity contribution in [2.45, 2.75) is 33.2 Å². The van der Waals surface area contributed by atoms with Crippen molar-refractivity contribution in [3.05, 3.63) is 66.1 Å². The third kappa shape index (κ3) is 3.99. The molecule has 7 nitrogen and oxygen atoms in total. The summed E-state index contributed by atoms with van der Waals surface area (Å²) >= 11 is 0. The van der Waals surface area contributed by atoms with Crippen LogP contribution in [0.4, 0.5) is 5.69 Å². The van der Waals surface area contributed by atoms with E-state index in [0.717, 1.165) is 40.0 Å². The van der Waals surface area contributed by atoms with Crippen molar-refractivity contribution in [3.63, 3.8) is 0 Å². The van der Waals surface area contributed by atoms with Crippen molar-refractivity contribution in [1.82, 2.24) is 19.3 Å². The molecular formula is C24H25N5O2. The number of Topliss-reactive ketones (excluding diaryl/α,β-unsaturated/α-hetero) is 1. The van der Waals surface area contributed by atoms with Gasteiger partial charge in [0.2, 0.25) is 5.91 Å². The lowest BCUT2D eigenvalue weighted by Crippen LogP contribution is -2.19. The number of benzene rings is 2. The van der Waals surface area contributed by atoms with Gasteiger partial charge in [-0.2, -0.15) is 0 Å². The van der Waals surface area contributed by atoms with Crippen molar-refractivity contribution in [2.24, 2.45) is 7.05 Å². The van der Waals surface area contributed by atoms with Gasteiger partial charge >= 0.3 is 0 Å². The predicted octanol–water partition coefficient (Wildman–Crippen LogP) is 4.37. The summed E-state index contributed by atoms with van der Waals surface area (Å²) in [5.74, 6) is 0.683. The van der Waals surface area contributed by atoms with E-state index >= 15 is 0 Å². The maximum atomic E-state index is 12.9. The number of rotatable bonds is 7. The third-order valence-corrected chi connectivity index (χ3v) is 5.44. The minimum absolute atomic E-state index is 0.102. The van der Waals surface area contributed by atoms with E-state index < -0.39 is 0 Å². The lowest BCUT2D eigenvalue weighted by molar-refractivity contribution is -0.116. The van der Waals surface area contributed by atoms with Crippen molar-refractivity contribution in [2.75, 3.05) is 5.32 Å². The Kier molecular flexibility index (Phi) is 5.66. The zero-order valence-corrected chi connectivity index (χ0v) is 17.9. The van der Waals surface area contributed by atoms with Crippen LogP contribution in [0.15, 0.2) is 55.0 Å². The van der Waals surface area contributed by atoms with Gasteiger partial charge in [-0.15, -0.1) is 10.2 Å². The van der Waals surface area contributed by atoms with Crippen molar-refractivity contribution < 1.29 is 9.59 Å². The maximum absolute atomic E-state index is 12.9. The summed E-state index contributed by atoms with van der Waals surface area (Å²) in [6.07, 6.45) is 4.73. The fourth-order valence-corrected chi connectivity index (χ4v) is 3.85. The SMILES string of the molecule is CCCC(=O)c1cn(CC(=O)Nc2cccc(-c3nncn3C)c2C)c2ccccc12. The second-order valence-electron chi connectivity index (χ2n) is 7.65. The second-order valence-corrected chi connectivity index (χ2v) is 7.65. The van der Waals surface area contributed by atoms with Gasteiger partial charge in [-0.25, -0.2) is 0 Å². The third-order valence-electron chi connectivity index (χ3n) is 5.44. The van der Waals surface area contributed by atoms with Crippen LogP contribution in [0.2, 0.25) is 0 Å². The summed E-state index contributed by atoms with van der Waals surface area (Å²) in [4.78, 5) is 25.4. The molecule has 0 atom stereocenters. The molecule has 4 aromatic rings. The highest BCUT2D eigenvalue weighted by molar-refractivity contribution is 6.08. The van der Waals surface area contributed by atoms with E-state index in [-0.39, 0.29) is 18.2 Å². The lowest BCUT2D eigenvalue weighted by atomic mass is 10.1. The monoisotopic (exact) mass is 415 g/mol. The van der Waals surface area contributed by atoms with E-state index in [1.54, 1.807) is 12.5 Å². The highest BCUT2D eigenvalue weighted by Crippen LogP contribution is 2.27. The molecule has 0 fully saturated rings. The lowest BCUT2D eigenvalue weighted by Gasteiger charge is -2.13. The van der Waals surface area contributed by atoms with E-state index in [1.165, 1.54) is 0 Å². The van der Waals surface area contributed by atoms with Crippen LogP contribution < -0.4 is 5.32 Å². The summed E-state index contributed by atoms with van der Waals surface area (Å²) in [5.41, 5.74) is 4.11. The first-order valence-electron chi connectivity index (χ1n) is 10.3. The average Bonchev–Trinajstić information content (AvgIpc) is 3.34. The number of carbonyl (C=O) groups is 2. The predicted molar refractivity (Wildman–Crippen MR) is 121 cm³/mol. The van der Waals surface area contributed by atoms with Gasteiger partial charge in [0.1, 0.15) is 12.9 Å². The number of fused-ring (bicyclic) bond motifs is 1. The molecule has 0 saturated carbocycles. The Labute approximate surface area is 180 Å². The molecule has 4 rings (SSSR count). The zero-order chi connectivity index (χ0) is 22.0. The minimum Gasteiger partial charge on any atom is -0.337 e. The van der Waals surface area contributed by atoms with Crippen LogP contribution in [-0.2, 0) is 18.4 Å². The Bertz CT molecular complexity index is 1270. The molecule has 2 aromatic heterocycles. The Balaban J connectivity index is 1.60. The number of nitrogens with zero attached hydrogens (tertiary/aromatic N) is 4. The van der Waals surface area contributed by atoms with Gasteiger partial charge in [-0.05, 0) is 31.0 Å². The van der Waals surface area contributed by atoms with E-state index in [4.69, 9.17) is 0 Å². The average molecular weight is 415 g/mol. The number of anilines is 1. The van der Waals surface area contributed by atoms with Gasteiger partial charge in [0.05, 0.1) is 0 Å². The molecule has 1 amide bonds. The highest BCUT2D eigenvalue weighted by Gasteiger charge is 2.17. The van der Waals surface area contributed by atoms with E-state index in [2.05, 4.69) is 15.5 Å². The number of nitrogens with one attached hydrogen (secondary N) is 1. The number of carbonyl (C=O) groups excluding carboxylic acids is 2. The van der Waals surface area contributed by atoms with E-state index in [9.17, 15) is 9.59 Å². The van der Waals surface area contributed by atoms with Gasteiger partial charge < -0.3 is 14.5 Å². The Morgan fingerprint density at radius 3 is 2.65 bits per heavy atom. The molecule has 0 bridgehead atoms. The summed E-state index contributed by atoms with van der Waals surface area (Å²) < 4.78 is 3.68. The van der Waals surface area contributed by atoms with Crippen molar-refractivity contribution >= 4 is 28.3 Å². The Morgan fingerprint density at radius 2 is 1.90 bits per heavy atom. The normalized spacial score (nSPS) is 11.1. The van der Waals surface area contributed by atoms with Crippen LogP contribution in [0, 0.1) is 6.92 Å². The van der Waals surface area contributed by atoms with Gasteiger partial charge in [0.15, 0.2) is 11.6 Å². The van der Waals surface area contributed by atoms with E-state index in [0.29, 0.717) is 12.0 Å². The molecular weight excluding hydrogens is 390 g/mol. The first kappa shape index (κ1) is 20.5. The van der Waals surface area contributed by atoms with Crippen LogP contribution in [-0.4, -0.2) is 31.0 Å². The molecule has 2 aromatic carbocycles. The van der Waals surface area contributed by atoms with Crippen LogP contribution >= 0.6 is 0 Å². The topological polar surface area (TPSA) is 81.8 Å². The number of para-hydroxylation sites is 1. The van der Waals surface area contributed by atoms with Gasteiger partial charge in [-0.1, -0.05) is 37.3 Å². The zero-order valence-electron chi connectivity index (χ0n) is 17.9. The molecule has 158 valence electrons. The summed E-state index contributed by atoms with van der Waals surface area (Å²) in [6, 6.07) is 13.4. The van der Waals surface area contributed by atoms with Crippen molar-refractivity contribution in [3.8, 4) is 11.4 Å². The van der Waals surface area contributed by atoms with Gasteiger partial charge in [0.25, 0.3) is 0 Å². The van der Waals surface area contributed by atoms with Crippen LogP contribution in [0.1, 0.15) is 35.7 Å². The minimum atomic E-state index is -0.159. The Morgan fingerprint density at radius 1 is 1.10 bits per heavy atom. The largest absolute Gasteiger partial charge is 0.337 e. The molecule has 0 aliphatic carbocycles. The fraction of sp³-hybridized carbons (Fsp3) is 0.250. The molecule has 0 radical (unpaired) electrons. The Hall–Kier alpha value is -3.74. The molecule has 7 heteroatoms. The summed E-state index contributed by atoms with van der Waals surface area (Å²) in [6.45, 7) is 4.06. The molecule has 0 unspecified atom stereocenters. The molecule has 31 heavy (non-hydrogen) atoms. The first-order valence-corrected chi connectivity index (χ1v) is 10.3. The van der Waals surface area contributed by atoms with Crippen molar-refractivity contribution in [1.29, 1.82) is 0 Å². The number of hydrogen-bond donors (Lipinski definition) is 1. The van der Waals surface area contributed by atoms with E-state index in [1.807, 2.05) is 72.5 Å².